The molecule has 1 aromatic carbocycles. The van der Waals surface area contributed by atoms with Crippen LogP contribution in [-0.4, -0.2) is 14.6 Å². The lowest BCUT2D eigenvalue weighted by Gasteiger charge is -2.06. The molecule has 0 heterocycles. The minimum Gasteiger partial charge on any atom is -0.768 e. The predicted octanol–water partition coefficient (Wildman–Crippen LogP) is 2.10. The topological polar surface area (TPSA) is 40.1 Å². The highest BCUT2D eigenvalue weighted by atomic mass is 35.5. The van der Waals surface area contributed by atoms with Crippen LogP contribution in [0.3, 0.4) is 0 Å². The third kappa shape index (κ3) is 3.46. The average Bonchev–Trinajstić information content (AvgIpc) is 2.15. The fraction of sp³-hybridized carbons (Fsp3) is 0.333. The summed E-state index contributed by atoms with van der Waals surface area (Å²) in [5.74, 6) is 0.602. The van der Waals surface area contributed by atoms with Crippen LogP contribution in [-0.2, 0) is 17.5 Å². The molecule has 0 bridgehead atoms. The van der Waals surface area contributed by atoms with Crippen molar-refractivity contribution in [2.45, 2.75) is 17.7 Å². The number of aryl methyl sites for hydroxylation is 1. The summed E-state index contributed by atoms with van der Waals surface area (Å²) in [6.07, 6.45) is 1.70. The van der Waals surface area contributed by atoms with Crippen LogP contribution in [0.1, 0.15) is 12.0 Å². The fourth-order valence-corrected chi connectivity index (χ4v) is 1.65. The third-order valence-electron chi connectivity index (χ3n) is 1.69. The lowest BCUT2D eigenvalue weighted by atomic mass is 10.1. The standard InChI is InChI=1S/C9H11ClO2S/c10-6-2-4-8-3-1-5-9(7-8)13(11)12/h1,3,5,7H,2,4,6H2,(H,11,12)/p-1. The molecule has 1 rings (SSSR count). The Morgan fingerprint density at radius 1 is 1.46 bits per heavy atom. The Bertz CT molecular complexity index is 301. The first-order valence-corrected chi connectivity index (χ1v) is 5.59. The van der Waals surface area contributed by atoms with Crippen molar-refractivity contribution < 1.29 is 8.76 Å². The van der Waals surface area contributed by atoms with Gasteiger partial charge in [-0.15, -0.1) is 11.6 Å². The number of hydrogen-bond donors (Lipinski definition) is 0. The molecule has 4 heteroatoms. The Hall–Kier alpha value is -0.380. The summed E-state index contributed by atoms with van der Waals surface area (Å²) in [4.78, 5) is 0.340. The maximum Gasteiger partial charge on any atom is 0.0251 e. The first-order valence-electron chi connectivity index (χ1n) is 3.98. The van der Waals surface area contributed by atoms with Crippen LogP contribution < -0.4 is 0 Å². The maximum absolute atomic E-state index is 10.6. The maximum atomic E-state index is 10.6. The zero-order valence-corrected chi connectivity index (χ0v) is 8.61. The molecule has 13 heavy (non-hydrogen) atoms. The summed E-state index contributed by atoms with van der Waals surface area (Å²) in [5.41, 5.74) is 1.02. The summed E-state index contributed by atoms with van der Waals surface area (Å²) in [6, 6.07) is 6.90. The first kappa shape index (κ1) is 10.7. The van der Waals surface area contributed by atoms with Gasteiger partial charge in [-0.3, -0.25) is 4.21 Å². The van der Waals surface area contributed by atoms with Gasteiger partial charge in [0.1, 0.15) is 0 Å². The van der Waals surface area contributed by atoms with E-state index in [1.807, 2.05) is 6.07 Å². The largest absolute Gasteiger partial charge is 0.768 e. The molecule has 1 aromatic rings. The van der Waals surface area contributed by atoms with Crippen molar-refractivity contribution in [3.63, 3.8) is 0 Å². The molecule has 0 fully saturated rings. The van der Waals surface area contributed by atoms with E-state index in [0.29, 0.717) is 10.8 Å². The van der Waals surface area contributed by atoms with E-state index in [9.17, 15) is 8.76 Å². The summed E-state index contributed by atoms with van der Waals surface area (Å²) in [5, 5.41) is 0. The minimum atomic E-state index is -2.13. The molecule has 1 atom stereocenters. The summed E-state index contributed by atoms with van der Waals surface area (Å²) in [6.45, 7) is 0. The number of benzene rings is 1. The van der Waals surface area contributed by atoms with E-state index in [0.717, 1.165) is 18.4 Å². The second-order valence-electron chi connectivity index (χ2n) is 2.67. The van der Waals surface area contributed by atoms with Crippen LogP contribution in [0.15, 0.2) is 29.2 Å². The highest BCUT2D eigenvalue weighted by Gasteiger charge is 1.95. The molecule has 0 radical (unpaired) electrons. The zero-order valence-electron chi connectivity index (χ0n) is 7.03. The smallest absolute Gasteiger partial charge is 0.0251 e. The van der Waals surface area contributed by atoms with Crippen LogP contribution in [0.5, 0.6) is 0 Å². The molecule has 0 aromatic heterocycles. The first-order chi connectivity index (χ1) is 6.24. The van der Waals surface area contributed by atoms with E-state index in [1.54, 1.807) is 18.2 Å². The van der Waals surface area contributed by atoms with Crippen molar-refractivity contribution in [2.24, 2.45) is 0 Å². The molecule has 0 saturated heterocycles. The lowest BCUT2D eigenvalue weighted by Crippen LogP contribution is -1.92. The molecule has 0 aliphatic heterocycles. The van der Waals surface area contributed by atoms with Crippen molar-refractivity contribution in [1.82, 2.24) is 0 Å². The predicted molar refractivity (Wildman–Crippen MR) is 52.7 cm³/mol. The van der Waals surface area contributed by atoms with Crippen LogP contribution in [0.4, 0.5) is 0 Å². The molecule has 0 aliphatic carbocycles. The Labute approximate surface area is 85.2 Å². The second-order valence-corrected chi connectivity index (χ2v) is 3.99. The number of hydrogen-bond acceptors (Lipinski definition) is 2. The normalized spacial score (nSPS) is 12.8. The molecule has 0 N–H and O–H groups in total. The Balaban J connectivity index is 2.73. The van der Waals surface area contributed by atoms with Crippen molar-refractivity contribution in [2.75, 3.05) is 5.88 Å². The van der Waals surface area contributed by atoms with E-state index in [-0.39, 0.29) is 0 Å². The van der Waals surface area contributed by atoms with Crippen molar-refractivity contribution in [1.29, 1.82) is 0 Å². The summed E-state index contributed by atoms with van der Waals surface area (Å²) in [7, 11) is 0. The van der Waals surface area contributed by atoms with Crippen molar-refractivity contribution >= 4 is 22.7 Å². The monoisotopic (exact) mass is 217 g/mol. The van der Waals surface area contributed by atoms with Crippen LogP contribution in [0.2, 0.25) is 0 Å². The van der Waals surface area contributed by atoms with E-state index in [4.69, 9.17) is 11.6 Å². The van der Waals surface area contributed by atoms with Gasteiger partial charge in [-0.05, 0) is 41.6 Å². The highest BCUT2D eigenvalue weighted by molar-refractivity contribution is 7.79. The lowest BCUT2D eigenvalue weighted by molar-refractivity contribution is 0.537. The molecule has 0 amide bonds. The van der Waals surface area contributed by atoms with Crippen molar-refractivity contribution in [3.05, 3.63) is 29.8 Å². The van der Waals surface area contributed by atoms with E-state index in [1.165, 1.54) is 0 Å². The Morgan fingerprint density at radius 3 is 2.85 bits per heavy atom. The van der Waals surface area contributed by atoms with E-state index < -0.39 is 11.1 Å². The Morgan fingerprint density at radius 2 is 2.23 bits per heavy atom. The van der Waals surface area contributed by atoms with Crippen LogP contribution in [0, 0.1) is 0 Å². The van der Waals surface area contributed by atoms with Gasteiger partial charge in [0.2, 0.25) is 0 Å². The molecule has 0 spiro atoms. The van der Waals surface area contributed by atoms with Crippen molar-refractivity contribution in [3.8, 4) is 0 Å². The number of alkyl halides is 1. The van der Waals surface area contributed by atoms with Crippen LogP contribution in [0.25, 0.3) is 0 Å². The van der Waals surface area contributed by atoms with Gasteiger partial charge < -0.3 is 4.55 Å². The average molecular weight is 218 g/mol. The van der Waals surface area contributed by atoms with Gasteiger partial charge in [-0.1, -0.05) is 12.1 Å². The molecule has 0 saturated carbocycles. The van der Waals surface area contributed by atoms with Gasteiger partial charge in [0, 0.05) is 10.8 Å². The quantitative estimate of drug-likeness (QED) is 0.573. The molecular formula is C9H10ClO2S-. The van der Waals surface area contributed by atoms with E-state index >= 15 is 0 Å². The number of rotatable bonds is 4. The summed E-state index contributed by atoms with van der Waals surface area (Å²) >= 11 is 3.40. The molecular weight excluding hydrogens is 208 g/mol. The molecule has 2 nitrogen and oxygen atoms in total. The minimum absolute atomic E-state index is 0.340. The molecule has 1 unspecified atom stereocenters. The van der Waals surface area contributed by atoms with Gasteiger partial charge in [0.05, 0.1) is 0 Å². The zero-order chi connectivity index (χ0) is 9.68. The third-order valence-corrected chi connectivity index (χ3v) is 2.60. The van der Waals surface area contributed by atoms with Gasteiger partial charge in [-0.2, -0.15) is 0 Å². The summed E-state index contributed by atoms with van der Waals surface area (Å²) < 4.78 is 21.2. The van der Waals surface area contributed by atoms with Gasteiger partial charge in [-0.25, -0.2) is 0 Å². The number of halogens is 1. The highest BCUT2D eigenvalue weighted by Crippen LogP contribution is 2.10. The van der Waals surface area contributed by atoms with Gasteiger partial charge >= 0.3 is 0 Å². The molecule has 72 valence electrons. The van der Waals surface area contributed by atoms with E-state index in [2.05, 4.69) is 0 Å². The fourth-order valence-electron chi connectivity index (χ4n) is 1.08. The SMILES string of the molecule is O=S([O-])c1cccc(CCCCl)c1. The van der Waals surface area contributed by atoms with Crippen LogP contribution >= 0.6 is 11.6 Å². The molecule has 0 aliphatic rings. The second kappa shape index (κ2) is 5.37. The van der Waals surface area contributed by atoms with Gasteiger partial charge in [0.25, 0.3) is 0 Å². The van der Waals surface area contributed by atoms with Gasteiger partial charge in [0.15, 0.2) is 0 Å². The Kier molecular flexibility index (Phi) is 4.42.